The molecule has 0 bridgehead atoms. The lowest BCUT2D eigenvalue weighted by atomic mass is 9.71. The summed E-state index contributed by atoms with van der Waals surface area (Å²) < 4.78 is 29.3. The predicted octanol–water partition coefficient (Wildman–Crippen LogP) is 5.73. The van der Waals surface area contributed by atoms with Crippen LogP contribution < -0.4 is 5.32 Å². The highest BCUT2D eigenvalue weighted by molar-refractivity contribution is 6.30. The molecule has 3 unspecified atom stereocenters. The molecule has 2 aliphatic rings. The van der Waals surface area contributed by atoms with Crippen molar-refractivity contribution in [1.29, 1.82) is 0 Å². The summed E-state index contributed by atoms with van der Waals surface area (Å²) in [6.07, 6.45) is 1.49. The standard InChI is InChI=1S/C27H31ClF2N2O2/c1-18(19-9-11-22(28)12-10-19)24(33)32-17-21-8-4-3-7-20(21)15-23(32)16-31-25(34)26(2)13-5-6-14-27(26,29)30/h3-4,7-12,18,23H,5-6,13-17H2,1-2H3,(H,31,34). The number of carbonyl (C=O) groups excluding carboxylic acids is 2. The number of benzene rings is 2. The Morgan fingerprint density at radius 2 is 1.74 bits per heavy atom. The Kier molecular flexibility index (Phi) is 6.99. The summed E-state index contributed by atoms with van der Waals surface area (Å²) in [7, 11) is 0. The van der Waals surface area contributed by atoms with Gasteiger partial charge >= 0.3 is 0 Å². The summed E-state index contributed by atoms with van der Waals surface area (Å²) in [5.74, 6) is -4.13. The smallest absolute Gasteiger partial charge is 0.262 e. The van der Waals surface area contributed by atoms with Crippen LogP contribution >= 0.6 is 11.6 Å². The number of carbonyl (C=O) groups is 2. The highest BCUT2D eigenvalue weighted by Crippen LogP contribution is 2.48. The molecule has 1 saturated carbocycles. The van der Waals surface area contributed by atoms with Crippen molar-refractivity contribution in [3.63, 3.8) is 0 Å². The monoisotopic (exact) mass is 488 g/mol. The van der Waals surface area contributed by atoms with Crippen LogP contribution in [0.15, 0.2) is 48.5 Å². The van der Waals surface area contributed by atoms with E-state index in [1.165, 1.54) is 6.92 Å². The van der Waals surface area contributed by atoms with E-state index >= 15 is 0 Å². The first-order valence-corrected chi connectivity index (χ1v) is 12.3. The average Bonchev–Trinajstić information content (AvgIpc) is 2.83. The molecule has 7 heteroatoms. The Morgan fingerprint density at radius 1 is 1.09 bits per heavy atom. The molecule has 0 aromatic heterocycles. The maximum absolute atomic E-state index is 14.7. The molecule has 1 fully saturated rings. The Morgan fingerprint density at radius 3 is 2.41 bits per heavy atom. The minimum Gasteiger partial charge on any atom is -0.353 e. The van der Waals surface area contributed by atoms with Gasteiger partial charge in [0.2, 0.25) is 11.8 Å². The molecule has 182 valence electrons. The number of nitrogens with zero attached hydrogens (tertiary/aromatic N) is 1. The Balaban J connectivity index is 1.54. The van der Waals surface area contributed by atoms with Crippen LogP contribution in [0.3, 0.4) is 0 Å². The number of alkyl halides is 2. The maximum Gasteiger partial charge on any atom is 0.262 e. The predicted molar refractivity (Wildman–Crippen MR) is 129 cm³/mol. The third-order valence-corrected chi connectivity index (χ3v) is 7.86. The van der Waals surface area contributed by atoms with E-state index in [0.717, 1.165) is 16.7 Å². The van der Waals surface area contributed by atoms with Gasteiger partial charge in [-0.3, -0.25) is 9.59 Å². The van der Waals surface area contributed by atoms with Gasteiger partial charge in [0.15, 0.2) is 0 Å². The van der Waals surface area contributed by atoms with Gasteiger partial charge in [-0.15, -0.1) is 0 Å². The molecule has 2 aromatic carbocycles. The summed E-state index contributed by atoms with van der Waals surface area (Å²) in [5, 5.41) is 3.39. The highest BCUT2D eigenvalue weighted by atomic mass is 35.5. The molecule has 1 heterocycles. The molecule has 0 spiro atoms. The number of fused-ring (bicyclic) bond motifs is 1. The number of nitrogens with one attached hydrogen (secondary N) is 1. The van der Waals surface area contributed by atoms with Gasteiger partial charge in [0.1, 0.15) is 5.41 Å². The van der Waals surface area contributed by atoms with Crippen LogP contribution in [0.5, 0.6) is 0 Å². The zero-order valence-corrected chi connectivity index (χ0v) is 20.4. The Hall–Kier alpha value is -2.47. The van der Waals surface area contributed by atoms with Crippen LogP contribution in [0.1, 0.15) is 62.1 Å². The number of rotatable bonds is 5. The zero-order chi connectivity index (χ0) is 24.5. The lowest BCUT2D eigenvalue weighted by Gasteiger charge is -2.41. The largest absolute Gasteiger partial charge is 0.353 e. The van der Waals surface area contributed by atoms with Crippen molar-refractivity contribution in [2.24, 2.45) is 5.41 Å². The van der Waals surface area contributed by atoms with Crippen molar-refractivity contribution >= 4 is 23.4 Å². The number of amides is 2. The number of hydrogen-bond acceptors (Lipinski definition) is 2. The van der Waals surface area contributed by atoms with Crippen LogP contribution in [-0.4, -0.2) is 35.2 Å². The van der Waals surface area contributed by atoms with Crippen molar-refractivity contribution in [2.45, 2.75) is 70.4 Å². The van der Waals surface area contributed by atoms with Gasteiger partial charge in [0.05, 0.1) is 12.0 Å². The van der Waals surface area contributed by atoms with Gasteiger partial charge in [-0.25, -0.2) is 8.78 Å². The second-order valence-corrected chi connectivity index (χ2v) is 10.3. The van der Waals surface area contributed by atoms with Crippen LogP contribution in [0.25, 0.3) is 0 Å². The zero-order valence-electron chi connectivity index (χ0n) is 19.6. The van der Waals surface area contributed by atoms with E-state index in [1.54, 1.807) is 17.0 Å². The van der Waals surface area contributed by atoms with Gasteiger partial charge in [-0.05, 0) is 61.9 Å². The molecule has 34 heavy (non-hydrogen) atoms. The van der Waals surface area contributed by atoms with Crippen molar-refractivity contribution in [2.75, 3.05) is 6.54 Å². The van der Waals surface area contributed by atoms with Gasteiger partial charge in [0, 0.05) is 24.5 Å². The molecule has 2 aromatic rings. The van der Waals surface area contributed by atoms with E-state index in [2.05, 4.69) is 5.32 Å². The third-order valence-electron chi connectivity index (χ3n) is 7.60. The Bertz CT molecular complexity index is 1060. The second-order valence-electron chi connectivity index (χ2n) is 9.82. The normalized spacial score (nSPS) is 24.7. The van der Waals surface area contributed by atoms with Crippen molar-refractivity contribution in [3.05, 3.63) is 70.2 Å². The first kappa shape index (κ1) is 24.6. The quantitative estimate of drug-likeness (QED) is 0.584. The van der Waals surface area contributed by atoms with Crippen LogP contribution in [0.4, 0.5) is 8.78 Å². The first-order chi connectivity index (χ1) is 16.1. The van der Waals surface area contributed by atoms with Gasteiger partial charge in [-0.2, -0.15) is 0 Å². The fourth-order valence-corrected chi connectivity index (χ4v) is 5.27. The minimum atomic E-state index is -3.03. The van der Waals surface area contributed by atoms with Crippen molar-refractivity contribution in [1.82, 2.24) is 10.2 Å². The van der Waals surface area contributed by atoms with E-state index in [9.17, 15) is 18.4 Å². The van der Waals surface area contributed by atoms with Crippen LogP contribution in [0.2, 0.25) is 5.02 Å². The molecule has 0 radical (unpaired) electrons. The van der Waals surface area contributed by atoms with Crippen LogP contribution in [0, 0.1) is 5.41 Å². The molecular formula is C27H31ClF2N2O2. The summed E-state index contributed by atoms with van der Waals surface area (Å²) in [4.78, 5) is 28.3. The van der Waals surface area contributed by atoms with E-state index in [1.807, 2.05) is 43.3 Å². The first-order valence-electron chi connectivity index (χ1n) is 11.9. The summed E-state index contributed by atoms with van der Waals surface area (Å²) in [5.41, 5.74) is 1.31. The number of hydrogen-bond donors (Lipinski definition) is 1. The topological polar surface area (TPSA) is 49.4 Å². The summed E-state index contributed by atoms with van der Waals surface area (Å²) >= 11 is 6.00. The van der Waals surface area contributed by atoms with E-state index in [0.29, 0.717) is 30.8 Å². The van der Waals surface area contributed by atoms with Gasteiger partial charge in [0.25, 0.3) is 5.92 Å². The van der Waals surface area contributed by atoms with Crippen molar-refractivity contribution in [3.8, 4) is 0 Å². The SMILES string of the molecule is CC(C(=O)N1Cc2ccccc2CC1CNC(=O)C1(C)CCCCC1(F)F)c1ccc(Cl)cc1. The second kappa shape index (κ2) is 9.65. The fraction of sp³-hybridized carbons (Fsp3) is 0.481. The molecule has 1 N–H and O–H groups in total. The number of halogens is 3. The van der Waals surface area contributed by atoms with Crippen LogP contribution in [-0.2, 0) is 22.6 Å². The third kappa shape index (κ3) is 4.70. The molecule has 0 saturated heterocycles. The molecule has 2 amide bonds. The van der Waals surface area contributed by atoms with Gasteiger partial charge < -0.3 is 10.2 Å². The van der Waals surface area contributed by atoms with E-state index in [4.69, 9.17) is 11.6 Å². The molecule has 1 aliphatic heterocycles. The minimum absolute atomic E-state index is 0.0646. The fourth-order valence-electron chi connectivity index (χ4n) is 5.14. The van der Waals surface area contributed by atoms with E-state index < -0.39 is 23.2 Å². The van der Waals surface area contributed by atoms with Crippen molar-refractivity contribution < 1.29 is 18.4 Å². The summed E-state index contributed by atoms with van der Waals surface area (Å²) in [6, 6.07) is 14.8. The Labute approximate surface area is 204 Å². The molecular weight excluding hydrogens is 458 g/mol. The summed E-state index contributed by atoms with van der Waals surface area (Å²) in [6.45, 7) is 3.77. The lowest BCUT2D eigenvalue weighted by molar-refractivity contribution is -0.170. The highest BCUT2D eigenvalue weighted by Gasteiger charge is 2.56. The lowest BCUT2D eigenvalue weighted by Crippen LogP contribution is -2.56. The maximum atomic E-state index is 14.7. The molecule has 1 aliphatic carbocycles. The molecule has 4 nitrogen and oxygen atoms in total. The molecule has 3 atom stereocenters. The van der Waals surface area contributed by atoms with Gasteiger partial charge in [-0.1, -0.05) is 54.4 Å². The molecule has 4 rings (SSSR count). The van der Waals surface area contributed by atoms with E-state index in [-0.39, 0.29) is 31.3 Å². The average molecular weight is 489 g/mol.